The van der Waals surface area contributed by atoms with E-state index in [1.807, 2.05) is 6.92 Å². The molecule has 1 fully saturated rings. The minimum absolute atomic E-state index is 0.0927. The third kappa shape index (κ3) is 3.97. The average Bonchev–Trinajstić information content (AvgIpc) is 2.47. The maximum Gasteiger partial charge on any atom is 0.342 e. The van der Waals surface area contributed by atoms with Crippen molar-refractivity contribution in [3.05, 3.63) is 29.3 Å². The van der Waals surface area contributed by atoms with Gasteiger partial charge in [0, 0.05) is 13.1 Å². The lowest BCUT2D eigenvalue weighted by molar-refractivity contribution is -0.135. The number of nitrogens with zero attached hydrogens (tertiary/aromatic N) is 1. The first-order valence-corrected chi connectivity index (χ1v) is 7.22. The fourth-order valence-electron chi connectivity index (χ4n) is 2.37. The number of likely N-dealkylation sites (tertiary alicyclic amines) is 1. The number of ether oxygens (including phenoxy) is 1. The molecule has 1 heterocycles. The molecule has 1 aromatic carbocycles. The highest BCUT2D eigenvalue weighted by molar-refractivity contribution is 5.94. The Morgan fingerprint density at radius 2 is 2.00 bits per heavy atom. The van der Waals surface area contributed by atoms with Crippen LogP contribution in [0, 0.1) is 12.8 Å². The summed E-state index contributed by atoms with van der Waals surface area (Å²) in [6.07, 6.45) is 1.97. The van der Waals surface area contributed by atoms with Crippen LogP contribution in [0.5, 0.6) is 5.75 Å². The van der Waals surface area contributed by atoms with Crippen molar-refractivity contribution in [1.29, 1.82) is 0 Å². The molecule has 0 aromatic heterocycles. The highest BCUT2D eigenvalue weighted by Crippen LogP contribution is 2.19. The summed E-state index contributed by atoms with van der Waals surface area (Å²) >= 11 is 0. The maximum absolute atomic E-state index is 12.0. The Labute approximate surface area is 124 Å². The zero-order valence-electron chi connectivity index (χ0n) is 12.5. The molecule has 0 aliphatic carbocycles. The van der Waals surface area contributed by atoms with E-state index in [0.717, 1.165) is 18.4 Å². The van der Waals surface area contributed by atoms with Gasteiger partial charge >= 0.3 is 5.97 Å². The van der Waals surface area contributed by atoms with E-state index in [9.17, 15) is 14.7 Å². The number of phenols is 1. The van der Waals surface area contributed by atoms with E-state index >= 15 is 0 Å². The Morgan fingerprint density at radius 3 is 2.67 bits per heavy atom. The van der Waals surface area contributed by atoms with Crippen LogP contribution in [-0.4, -0.2) is 41.6 Å². The van der Waals surface area contributed by atoms with Crippen LogP contribution in [0.4, 0.5) is 0 Å². The average molecular weight is 291 g/mol. The van der Waals surface area contributed by atoms with Crippen molar-refractivity contribution in [1.82, 2.24) is 4.90 Å². The van der Waals surface area contributed by atoms with E-state index in [1.165, 1.54) is 6.07 Å². The van der Waals surface area contributed by atoms with Crippen molar-refractivity contribution >= 4 is 11.9 Å². The highest BCUT2D eigenvalue weighted by Gasteiger charge is 2.22. The van der Waals surface area contributed by atoms with E-state index in [0.29, 0.717) is 19.0 Å². The quantitative estimate of drug-likeness (QED) is 0.866. The number of benzene rings is 1. The van der Waals surface area contributed by atoms with Gasteiger partial charge in [-0.1, -0.05) is 18.6 Å². The Morgan fingerprint density at radius 1 is 1.33 bits per heavy atom. The summed E-state index contributed by atoms with van der Waals surface area (Å²) in [5, 5.41) is 9.65. The standard InChI is InChI=1S/C16H21NO4/c1-11-5-7-17(8-6-11)15(19)10-21-16(20)13-9-12(2)3-4-14(13)18/h3-4,9,11,18H,5-8,10H2,1-2H3. The number of hydrogen-bond donors (Lipinski definition) is 1. The zero-order chi connectivity index (χ0) is 15.4. The molecule has 0 radical (unpaired) electrons. The van der Waals surface area contributed by atoms with Crippen molar-refractivity contribution in [3.63, 3.8) is 0 Å². The molecule has 1 aromatic rings. The second kappa shape index (κ2) is 6.61. The lowest BCUT2D eigenvalue weighted by Crippen LogP contribution is -2.40. The first-order chi connectivity index (χ1) is 9.97. The number of aryl methyl sites for hydroxylation is 1. The van der Waals surface area contributed by atoms with Crippen LogP contribution in [0.25, 0.3) is 0 Å². The van der Waals surface area contributed by atoms with E-state index in [-0.39, 0.29) is 23.8 Å². The molecule has 1 N–H and O–H groups in total. The molecule has 0 unspecified atom stereocenters. The second-order valence-corrected chi connectivity index (χ2v) is 5.66. The number of phenolic OH excluding ortho intramolecular Hbond substituents is 1. The van der Waals surface area contributed by atoms with E-state index in [2.05, 4.69) is 6.92 Å². The predicted molar refractivity (Wildman–Crippen MR) is 78.1 cm³/mol. The van der Waals surface area contributed by atoms with Gasteiger partial charge in [-0.15, -0.1) is 0 Å². The van der Waals surface area contributed by atoms with Gasteiger partial charge in [-0.05, 0) is 37.8 Å². The molecule has 1 saturated heterocycles. The molecule has 0 bridgehead atoms. The molecule has 1 aliphatic rings. The molecule has 1 amide bonds. The first kappa shape index (κ1) is 15.4. The van der Waals surface area contributed by atoms with Gasteiger partial charge in [0.15, 0.2) is 6.61 Å². The van der Waals surface area contributed by atoms with Crippen LogP contribution < -0.4 is 0 Å². The molecule has 0 atom stereocenters. The highest BCUT2D eigenvalue weighted by atomic mass is 16.5. The summed E-state index contributed by atoms with van der Waals surface area (Å²) in [5.74, 6) is -0.344. The lowest BCUT2D eigenvalue weighted by atomic mass is 9.99. The number of carbonyl (C=O) groups is 2. The third-order valence-electron chi connectivity index (χ3n) is 3.84. The lowest BCUT2D eigenvalue weighted by Gasteiger charge is -2.30. The molecule has 0 saturated carbocycles. The topological polar surface area (TPSA) is 66.8 Å². The Balaban J connectivity index is 1.89. The minimum atomic E-state index is -0.671. The van der Waals surface area contributed by atoms with Gasteiger partial charge in [-0.3, -0.25) is 4.79 Å². The normalized spacial score (nSPS) is 15.8. The summed E-state index contributed by atoms with van der Waals surface area (Å²) in [4.78, 5) is 25.6. The van der Waals surface area contributed by atoms with Gasteiger partial charge in [-0.2, -0.15) is 0 Å². The smallest absolute Gasteiger partial charge is 0.342 e. The van der Waals surface area contributed by atoms with Gasteiger partial charge in [0.25, 0.3) is 5.91 Å². The molecule has 5 heteroatoms. The van der Waals surface area contributed by atoms with Crippen LogP contribution in [-0.2, 0) is 9.53 Å². The number of rotatable bonds is 3. The number of hydrogen-bond acceptors (Lipinski definition) is 4. The maximum atomic E-state index is 12.0. The molecular weight excluding hydrogens is 270 g/mol. The molecule has 21 heavy (non-hydrogen) atoms. The van der Waals surface area contributed by atoms with E-state index in [4.69, 9.17) is 4.74 Å². The largest absolute Gasteiger partial charge is 0.507 e. The van der Waals surface area contributed by atoms with Crippen molar-refractivity contribution in [2.45, 2.75) is 26.7 Å². The Bertz CT molecular complexity index is 533. The number of aromatic hydroxyl groups is 1. The van der Waals surface area contributed by atoms with Crippen molar-refractivity contribution in [2.24, 2.45) is 5.92 Å². The van der Waals surface area contributed by atoms with Crippen LogP contribution in [0.2, 0.25) is 0 Å². The van der Waals surface area contributed by atoms with Crippen LogP contribution in [0.15, 0.2) is 18.2 Å². The van der Waals surface area contributed by atoms with Gasteiger partial charge in [0.05, 0.1) is 0 Å². The molecular formula is C16H21NO4. The van der Waals surface area contributed by atoms with Gasteiger partial charge in [0.2, 0.25) is 0 Å². The summed E-state index contributed by atoms with van der Waals surface area (Å²) in [6.45, 7) is 5.14. The zero-order valence-corrected chi connectivity index (χ0v) is 12.5. The molecule has 1 aliphatic heterocycles. The third-order valence-corrected chi connectivity index (χ3v) is 3.84. The monoisotopic (exact) mass is 291 g/mol. The molecule has 5 nitrogen and oxygen atoms in total. The number of amides is 1. The van der Waals surface area contributed by atoms with Crippen molar-refractivity contribution in [3.8, 4) is 5.75 Å². The second-order valence-electron chi connectivity index (χ2n) is 5.66. The summed E-state index contributed by atoms with van der Waals surface area (Å²) in [5.41, 5.74) is 0.936. The van der Waals surface area contributed by atoms with E-state index < -0.39 is 5.97 Å². The fraction of sp³-hybridized carbons (Fsp3) is 0.500. The number of carbonyl (C=O) groups excluding carboxylic acids is 2. The van der Waals surface area contributed by atoms with Crippen LogP contribution in [0.3, 0.4) is 0 Å². The SMILES string of the molecule is Cc1ccc(O)c(C(=O)OCC(=O)N2CCC(C)CC2)c1. The first-order valence-electron chi connectivity index (χ1n) is 7.22. The van der Waals surface area contributed by atoms with Gasteiger partial charge in [-0.25, -0.2) is 4.79 Å². The number of piperidine rings is 1. The van der Waals surface area contributed by atoms with Crippen molar-refractivity contribution < 1.29 is 19.4 Å². The summed E-state index contributed by atoms with van der Waals surface area (Å²) in [6, 6.07) is 4.69. The van der Waals surface area contributed by atoms with Crippen LogP contribution >= 0.6 is 0 Å². The van der Waals surface area contributed by atoms with Gasteiger partial charge in [0.1, 0.15) is 11.3 Å². The Hall–Kier alpha value is -2.04. The summed E-state index contributed by atoms with van der Waals surface area (Å²) < 4.78 is 5.02. The van der Waals surface area contributed by atoms with Crippen molar-refractivity contribution in [2.75, 3.05) is 19.7 Å². The fourth-order valence-corrected chi connectivity index (χ4v) is 2.37. The molecule has 2 rings (SSSR count). The molecule has 114 valence electrons. The summed E-state index contributed by atoms with van der Waals surface area (Å²) in [7, 11) is 0. The minimum Gasteiger partial charge on any atom is -0.507 e. The predicted octanol–water partition coefficient (Wildman–Crippen LogP) is 2.12. The molecule has 0 spiro atoms. The van der Waals surface area contributed by atoms with Gasteiger partial charge < -0.3 is 14.7 Å². The Kier molecular flexibility index (Phi) is 4.83. The van der Waals surface area contributed by atoms with Crippen LogP contribution in [0.1, 0.15) is 35.7 Å². The number of esters is 1. The van der Waals surface area contributed by atoms with E-state index in [1.54, 1.807) is 17.0 Å².